The van der Waals surface area contributed by atoms with E-state index in [-0.39, 0.29) is 0 Å². The van der Waals surface area contributed by atoms with Gasteiger partial charge in [0.25, 0.3) is 0 Å². The Kier molecular flexibility index (Phi) is 4.47. The predicted molar refractivity (Wildman–Crippen MR) is 72.8 cm³/mol. The minimum absolute atomic E-state index is 0.796. The number of hydrogen-bond acceptors (Lipinski definition) is 5. The Morgan fingerprint density at radius 1 is 1.17 bits per heavy atom. The molecule has 1 N–H and O–H groups in total. The van der Waals surface area contributed by atoms with Gasteiger partial charge in [-0.2, -0.15) is 5.10 Å². The maximum atomic E-state index is 4.52. The summed E-state index contributed by atoms with van der Waals surface area (Å²) < 4.78 is 0. The second kappa shape index (κ2) is 6.09. The number of piperidine rings is 1. The number of nitrogens with zero attached hydrogens (tertiary/aromatic N) is 4. The molecule has 0 amide bonds. The van der Waals surface area contributed by atoms with Gasteiger partial charge in [-0.1, -0.05) is 0 Å². The van der Waals surface area contributed by atoms with Gasteiger partial charge >= 0.3 is 0 Å². The van der Waals surface area contributed by atoms with Crippen LogP contribution >= 0.6 is 0 Å². The van der Waals surface area contributed by atoms with Gasteiger partial charge in [0, 0.05) is 13.1 Å². The van der Waals surface area contributed by atoms with E-state index in [0.29, 0.717) is 0 Å². The minimum atomic E-state index is 0.796. The summed E-state index contributed by atoms with van der Waals surface area (Å²) in [5.41, 5.74) is 1.90. The van der Waals surface area contributed by atoms with E-state index in [0.717, 1.165) is 42.9 Å². The standard InChI is InChI=1S/C13H23N5/c1-10-11(2)16-17-13(15-10)18-8-5-12(6-9-18)4-7-14-3/h12,14H,4-9H2,1-3H3. The number of nitrogens with one attached hydrogen (secondary N) is 1. The highest BCUT2D eigenvalue weighted by molar-refractivity contribution is 5.30. The summed E-state index contributed by atoms with van der Waals surface area (Å²) >= 11 is 0. The Labute approximate surface area is 109 Å². The van der Waals surface area contributed by atoms with E-state index in [2.05, 4.69) is 25.4 Å². The zero-order valence-corrected chi connectivity index (χ0v) is 11.6. The molecule has 0 unspecified atom stereocenters. The van der Waals surface area contributed by atoms with Crippen LogP contribution < -0.4 is 10.2 Å². The fraction of sp³-hybridized carbons (Fsp3) is 0.769. The molecule has 0 radical (unpaired) electrons. The number of rotatable bonds is 4. The molecule has 0 saturated carbocycles. The zero-order valence-electron chi connectivity index (χ0n) is 11.6. The number of hydrogen-bond donors (Lipinski definition) is 1. The molecule has 0 spiro atoms. The van der Waals surface area contributed by atoms with Crippen LogP contribution in [0.2, 0.25) is 0 Å². The van der Waals surface area contributed by atoms with Crippen LogP contribution in [0, 0.1) is 19.8 Å². The first-order valence-corrected chi connectivity index (χ1v) is 6.78. The molecule has 0 aliphatic carbocycles. The molecule has 0 atom stereocenters. The van der Waals surface area contributed by atoms with Gasteiger partial charge in [0.2, 0.25) is 5.95 Å². The largest absolute Gasteiger partial charge is 0.340 e. The molecule has 1 fully saturated rings. The normalized spacial score (nSPS) is 17.2. The average molecular weight is 249 g/mol. The molecule has 1 saturated heterocycles. The minimum Gasteiger partial charge on any atom is -0.340 e. The highest BCUT2D eigenvalue weighted by Crippen LogP contribution is 2.22. The lowest BCUT2D eigenvalue weighted by Gasteiger charge is -2.31. The summed E-state index contributed by atoms with van der Waals surface area (Å²) in [6.07, 6.45) is 3.74. The van der Waals surface area contributed by atoms with Crippen molar-refractivity contribution in [2.24, 2.45) is 5.92 Å². The Balaban J connectivity index is 1.90. The van der Waals surface area contributed by atoms with E-state index >= 15 is 0 Å². The number of anilines is 1. The molecule has 18 heavy (non-hydrogen) atoms. The smallest absolute Gasteiger partial charge is 0.245 e. The second-order valence-corrected chi connectivity index (χ2v) is 5.11. The van der Waals surface area contributed by atoms with Crippen molar-refractivity contribution in [1.29, 1.82) is 0 Å². The Hall–Kier alpha value is -1.23. The van der Waals surface area contributed by atoms with Gasteiger partial charge in [-0.3, -0.25) is 0 Å². The monoisotopic (exact) mass is 249 g/mol. The Bertz CT molecular complexity index is 385. The first-order chi connectivity index (χ1) is 8.70. The van der Waals surface area contributed by atoms with Gasteiger partial charge in [0.1, 0.15) is 0 Å². The lowest BCUT2D eigenvalue weighted by molar-refractivity contribution is 0.375. The SMILES string of the molecule is CNCCC1CCN(c2nnc(C)c(C)n2)CC1. The maximum absolute atomic E-state index is 4.52. The third kappa shape index (κ3) is 3.16. The van der Waals surface area contributed by atoms with Crippen molar-refractivity contribution in [1.82, 2.24) is 20.5 Å². The molecule has 1 aromatic rings. The van der Waals surface area contributed by atoms with Gasteiger partial charge in [0.15, 0.2) is 0 Å². The Morgan fingerprint density at radius 2 is 1.89 bits per heavy atom. The van der Waals surface area contributed by atoms with Crippen LogP contribution in [0.4, 0.5) is 5.95 Å². The topological polar surface area (TPSA) is 53.9 Å². The van der Waals surface area contributed by atoms with Crippen molar-refractivity contribution < 1.29 is 0 Å². The molecule has 1 aliphatic heterocycles. The van der Waals surface area contributed by atoms with Crippen molar-refractivity contribution >= 4 is 5.95 Å². The van der Waals surface area contributed by atoms with Crippen LogP contribution in [0.5, 0.6) is 0 Å². The molecular weight excluding hydrogens is 226 g/mol. The van der Waals surface area contributed by atoms with Gasteiger partial charge in [0.05, 0.1) is 11.4 Å². The quantitative estimate of drug-likeness (QED) is 0.872. The third-order valence-electron chi connectivity index (χ3n) is 3.78. The van der Waals surface area contributed by atoms with Crippen molar-refractivity contribution in [3.8, 4) is 0 Å². The average Bonchev–Trinajstić information content (AvgIpc) is 2.40. The van der Waals surface area contributed by atoms with Crippen molar-refractivity contribution in [2.45, 2.75) is 33.1 Å². The van der Waals surface area contributed by atoms with Crippen LogP contribution in [0.1, 0.15) is 30.7 Å². The van der Waals surface area contributed by atoms with Crippen LogP contribution in [0.25, 0.3) is 0 Å². The number of aryl methyl sites for hydroxylation is 2. The maximum Gasteiger partial charge on any atom is 0.245 e. The highest BCUT2D eigenvalue weighted by Gasteiger charge is 2.21. The van der Waals surface area contributed by atoms with Crippen LogP contribution in [-0.4, -0.2) is 41.9 Å². The second-order valence-electron chi connectivity index (χ2n) is 5.11. The van der Waals surface area contributed by atoms with Crippen LogP contribution in [0.3, 0.4) is 0 Å². The number of aromatic nitrogens is 3. The predicted octanol–water partition coefficient (Wildman–Crippen LogP) is 1.31. The summed E-state index contributed by atoms with van der Waals surface area (Å²) in [7, 11) is 2.02. The van der Waals surface area contributed by atoms with Crippen molar-refractivity contribution in [2.75, 3.05) is 31.6 Å². The Morgan fingerprint density at radius 3 is 2.50 bits per heavy atom. The van der Waals surface area contributed by atoms with Crippen molar-refractivity contribution in [3.05, 3.63) is 11.4 Å². The van der Waals surface area contributed by atoms with Crippen LogP contribution in [-0.2, 0) is 0 Å². The van der Waals surface area contributed by atoms with E-state index in [9.17, 15) is 0 Å². The van der Waals surface area contributed by atoms with Crippen molar-refractivity contribution in [3.63, 3.8) is 0 Å². The fourth-order valence-electron chi connectivity index (χ4n) is 2.35. The summed E-state index contributed by atoms with van der Waals surface area (Å²) in [6, 6.07) is 0. The van der Waals surface area contributed by atoms with E-state index in [1.54, 1.807) is 0 Å². The van der Waals surface area contributed by atoms with Crippen LogP contribution in [0.15, 0.2) is 0 Å². The van der Waals surface area contributed by atoms with E-state index in [1.165, 1.54) is 19.3 Å². The van der Waals surface area contributed by atoms with E-state index < -0.39 is 0 Å². The fourth-order valence-corrected chi connectivity index (χ4v) is 2.35. The van der Waals surface area contributed by atoms with Gasteiger partial charge in [-0.05, 0) is 52.6 Å². The van der Waals surface area contributed by atoms with Gasteiger partial charge < -0.3 is 10.2 Å². The third-order valence-corrected chi connectivity index (χ3v) is 3.78. The zero-order chi connectivity index (χ0) is 13.0. The molecule has 0 bridgehead atoms. The first-order valence-electron chi connectivity index (χ1n) is 6.78. The summed E-state index contributed by atoms with van der Waals surface area (Å²) in [6.45, 7) is 7.17. The summed E-state index contributed by atoms with van der Waals surface area (Å²) in [5, 5.41) is 11.6. The molecule has 2 rings (SSSR count). The molecular formula is C13H23N5. The summed E-state index contributed by atoms with van der Waals surface area (Å²) in [5.74, 6) is 1.64. The van der Waals surface area contributed by atoms with E-state index in [4.69, 9.17) is 0 Å². The molecule has 2 heterocycles. The summed E-state index contributed by atoms with van der Waals surface area (Å²) in [4.78, 5) is 6.78. The molecule has 1 aliphatic rings. The molecule has 1 aromatic heterocycles. The lowest BCUT2D eigenvalue weighted by atomic mass is 9.94. The molecule has 100 valence electrons. The lowest BCUT2D eigenvalue weighted by Crippen LogP contribution is -2.36. The first kappa shape index (κ1) is 13.2. The molecule has 5 heteroatoms. The molecule has 0 aromatic carbocycles. The highest BCUT2D eigenvalue weighted by atomic mass is 15.3. The molecule has 5 nitrogen and oxygen atoms in total. The van der Waals surface area contributed by atoms with Gasteiger partial charge in [-0.15, -0.1) is 5.10 Å². The van der Waals surface area contributed by atoms with E-state index in [1.807, 2.05) is 20.9 Å². The van der Waals surface area contributed by atoms with Gasteiger partial charge in [-0.25, -0.2) is 4.98 Å².